The SMILES string of the molecule is Cc1ccc2c(N)c(C(=O)NCCc3ccc(N4CCNCC4)c(OC(F)F)c3)sc2n1.O=CO. The molecule has 0 spiro atoms. The molecule has 9 nitrogen and oxygen atoms in total. The minimum atomic E-state index is -2.90. The number of carbonyl (C=O) groups is 2. The Hall–Kier alpha value is -3.51. The number of nitrogens with two attached hydrogens (primary N) is 1. The van der Waals surface area contributed by atoms with Gasteiger partial charge in [0.05, 0.1) is 11.4 Å². The molecule has 1 aliphatic heterocycles. The van der Waals surface area contributed by atoms with Crippen molar-refractivity contribution < 1.29 is 28.2 Å². The van der Waals surface area contributed by atoms with E-state index in [2.05, 4.69) is 15.6 Å². The number of carboxylic acid groups (broad SMARTS) is 1. The van der Waals surface area contributed by atoms with Crippen LogP contribution in [0.5, 0.6) is 5.75 Å². The van der Waals surface area contributed by atoms with E-state index in [9.17, 15) is 13.6 Å². The molecule has 2 aromatic heterocycles. The summed E-state index contributed by atoms with van der Waals surface area (Å²) in [6, 6.07) is 9.03. The van der Waals surface area contributed by atoms with Gasteiger partial charge < -0.3 is 31.1 Å². The molecule has 4 rings (SSSR count). The lowest BCUT2D eigenvalue weighted by atomic mass is 10.1. The van der Waals surface area contributed by atoms with E-state index in [1.54, 1.807) is 12.1 Å². The van der Waals surface area contributed by atoms with Gasteiger partial charge in [-0.2, -0.15) is 8.78 Å². The van der Waals surface area contributed by atoms with Crippen LogP contribution in [-0.2, 0) is 11.2 Å². The second-order valence-electron chi connectivity index (χ2n) is 7.68. The van der Waals surface area contributed by atoms with Gasteiger partial charge in [0.1, 0.15) is 15.5 Å². The minimum Gasteiger partial charge on any atom is -0.483 e. The van der Waals surface area contributed by atoms with Crippen molar-refractivity contribution in [2.45, 2.75) is 20.0 Å². The van der Waals surface area contributed by atoms with Crippen molar-refractivity contribution in [1.29, 1.82) is 0 Å². The minimum absolute atomic E-state index is 0.154. The molecule has 3 aromatic rings. The number of hydrogen-bond donors (Lipinski definition) is 4. The number of piperazine rings is 1. The lowest BCUT2D eigenvalue weighted by Crippen LogP contribution is -2.43. The normalized spacial score (nSPS) is 13.3. The van der Waals surface area contributed by atoms with Crippen LogP contribution in [0.3, 0.4) is 0 Å². The van der Waals surface area contributed by atoms with Crippen LogP contribution in [0.25, 0.3) is 10.2 Å². The number of alkyl halides is 2. The number of halogens is 2. The summed E-state index contributed by atoms with van der Waals surface area (Å²) >= 11 is 1.26. The van der Waals surface area contributed by atoms with Crippen LogP contribution in [0.1, 0.15) is 20.9 Å². The van der Waals surface area contributed by atoms with E-state index in [1.807, 2.05) is 30.0 Å². The fraction of sp³-hybridized carbons (Fsp3) is 0.348. The van der Waals surface area contributed by atoms with Gasteiger partial charge in [-0.05, 0) is 43.2 Å². The van der Waals surface area contributed by atoms with Gasteiger partial charge in [0.15, 0.2) is 0 Å². The van der Waals surface area contributed by atoms with Gasteiger partial charge in [-0.1, -0.05) is 6.07 Å². The van der Waals surface area contributed by atoms with Crippen molar-refractivity contribution in [3.63, 3.8) is 0 Å². The number of anilines is 2. The van der Waals surface area contributed by atoms with E-state index in [0.717, 1.165) is 47.7 Å². The first kappa shape index (κ1) is 26.1. The second kappa shape index (κ2) is 12.3. The maximum atomic E-state index is 13.0. The van der Waals surface area contributed by atoms with E-state index >= 15 is 0 Å². The molecule has 0 radical (unpaired) electrons. The number of ether oxygens (including phenoxy) is 1. The summed E-state index contributed by atoms with van der Waals surface area (Å²) in [7, 11) is 0. The molecular formula is C23H27F2N5O4S. The first-order valence-corrected chi connectivity index (χ1v) is 11.7. The average Bonchev–Trinajstić information content (AvgIpc) is 3.15. The highest BCUT2D eigenvalue weighted by molar-refractivity contribution is 7.21. The van der Waals surface area contributed by atoms with Crippen LogP contribution in [-0.4, -0.2) is 61.8 Å². The quantitative estimate of drug-likeness (QED) is 0.359. The van der Waals surface area contributed by atoms with Crippen molar-refractivity contribution in [1.82, 2.24) is 15.6 Å². The van der Waals surface area contributed by atoms with Crippen LogP contribution in [0.15, 0.2) is 30.3 Å². The third-order valence-electron chi connectivity index (χ3n) is 5.34. The topological polar surface area (TPSA) is 130 Å². The lowest BCUT2D eigenvalue weighted by Gasteiger charge is -2.31. The van der Waals surface area contributed by atoms with E-state index in [-0.39, 0.29) is 18.1 Å². The molecule has 12 heteroatoms. The van der Waals surface area contributed by atoms with E-state index in [1.165, 1.54) is 11.3 Å². The molecule has 5 N–H and O–H groups in total. The van der Waals surface area contributed by atoms with Gasteiger partial charge >= 0.3 is 6.61 Å². The van der Waals surface area contributed by atoms with Crippen molar-refractivity contribution in [3.8, 4) is 5.75 Å². The molecule has 1 saturated heterocycles. The summed E-state index contributed by atoms with van der Waals surface area (Å²) in [5, 5.41) is 13.8. The molecule has 1 fully saturated rings. The maximum absolute atomic E-state index is 13.0. The third-order valence-corrected chi connectivity index (χ3v) is 6.45. The molecule has 0 bridgehead atoms. The molecule has 1 amide bonds. The summed E-state index contributed by atoms with van der Waals surface area (Å²) < 4.78 is 30.7. The predicted octanol–water partition coefficient (Wildman–Crippen LogP) is 2.87. The molecule has 1 aliphatic rings. The number of fused-ring (bicyclic) bond motifs is 1. The standard InChI is InChI=1S/C22H25F2N5O2S.CH2O2/c1-13-2-4-15-18(25)19(32-21(15)28-13)20(30)27-7-6-14-3-5-16(17(12-14)31-22(23)24)29-10-8-26-9-11-29;2-1-3/h2-5,12,22,26H,6-11,25H2,1H3,(H,27,30);1H,(H,2,3). The molecule has 0 unspecified atom stereocenters. The number of nitrogens with zero attached hydrogens (tertiary/aromatic N) is 2. The molecular weight excluding hydrogens is 480 g/mol. The highest BCUT2D eigenvalue weighted by atomic mass is 32.1. The number of carbonyl (C=O) groups excluding carboxylic acids is 1. The number of benzene rings is 1. The largest absolute Gasteiger partial charge is 0.483 e. The van der Waals surface area contributed by atoms with Gasteiger partial charge in [-0.3, -0.25) is 9.59 Å². The van der Waals surface area contributed by atoms with Crippen LogP contribution >= 0.6 is 11.3 Å². The number of amides is 1. The number of pyridine rings is 1. The number of aryl methyl sites for hydroxylation is 1. The molecule has 35 heavy (non-hydrogen) atoms. The Morgan fingerprint density at radius 2 is 2.06 bits per heavy atom. The maximum Gasteiger partial charge on any atom is 0.387 e. The van der Waals surface area contributed by atoms with Gasteiger partial charge in [-0.25, -0.2) is 4.98 Å². The highest BCUT2D eigenvalue weighted by Gasteiger charge is 2.19. The van der Waals surface area contributed by atoms with E-state index < -0.39 is 6.61 Å². The van der Waals surface area contributed by atoms with Crippen LogP contribution in [0.4, 0.5) is 20.2 Å². The van der Waals surface area contributed by atoms with E-state index in [4.69, 9.17) is 20.4 Å². The summed E-state index contributed by atoms with van der Waals surface area (Å²) in [6.45, 7) is 2.09. The van der Waals surface area contributed by atoms with Gasteiger partial charge in [0.2, 0.25) is 0 Å². The average molecular weight is 508 g/mol. The summed E-state index contributed by atoms with van der Waals surface area (Å²) in [6.07, 6.45) is 0.468. The first-order chi connectivity index (χ1) is 16.8. The first-order valence-electron chi connectivity index (χ1n) is 10.9. The van der Waals surface area contributed by atoms with Crippen LogP contribution in [0, 0.1) is 6.92 Å². The van der Waals surface area contributed by atoms with Crippen molar-refractivity contribution in [2.75, 3.05) is 43.4 Å². The van der Waals surface area contributed by atoms with Crippen LogP contribution in [0.2, 0.25) is 0 Å². The summed E-state index contributed by atoms with van der Waals surface area (Å²) in [5.41, 5.74) is 8.86. The monoisotopic (exact) mass is 507 g/mol. The third kappa shape index (κ3) is 6.76. The molecule has 0 atom stereocenters. The van der Waals surface area contributed by atoms with Crippen molar-refractivity contribution >= 4 is 45.3 Å². The Morgan fingerprint density at radius 3 is 2.74 bits per heavy atom. The number of nitrogen functional groups attached to an aromatic ring is 1. The summed E-state index contributed by atoms with van der Waals surface area (Å²) in [5.74, 6) is -0.120. The zero-order valence-corrected chi connectivity index (χ0v) is 19.9. The Bertz CT molecular complexity index is 1170. The Kier molecular flexibility index (Phi) is 9.15. The lowest BCUT2D eigenvalue weighted by molar-refractivity contribution is -0.122. The molecule has 3 heterocycles. The zero-order valence-electron chi connectivity index (χ0n) is 19.1. The molecule has 0 aliphatic carbocycles. The van der Waals surface area contributed by atoms with E-state index in [0.29, 0.717) is 29.2 Å². The number of nitrogens with one attached hydrogen (secondary N) is 2. The number of rotatable bonds is 7. The Labute approximate surface area is 204 Å². The molecule has 188 valence electrons. The predicted molar refractivity (Wildman–Crippen MR) is 132 cm³/mol. The van der Waals surface area contributed by atoms with Crippen LogP contribution < -0.4 is 26.0 Å². The molecule has 1 aromatic carbocycles. The highest BCUT2D eigenvalue weighted by Crippen LogP contribution is 2.33. The van der Waals surface area contributed by atoms with Gasteiger partial charge in [-0.15, -0.1) is 11.3 Å². The van der Waals surface area contributed by atoms with Gasteiger partial charge in [0.25, 0.3) is 12.4 Å². The smallest absolute Gasteiger partial charge is 0.387 e. The molecule has 0 saturated carbocycles. The fourth-order valence-corrected chi connectivity index (χ4v) is 4.79. The van der Waals surface area contributed by atoms with Gasteiger partial charge in [0, 0.05) is 43.8 Å². The fourth-order valence-electron chi connectivity index (χ4n) is 3.73. The zero-order chi connectivity index (χ0) is 25.4. The van der Waals surface area contributed by atoms with Crippen molar-refractivity contribution in [2.24, 2.45) is 0 Å². The number of hydrogen-bond acceptors (Lipinski definition) is 8. The number of aromatic nitrogens is 1. The Balaban J connectivity index is 0.00000108. The summed E-state index contributed by atoms with van der Waals surface area (Å²) in [4.78, 5) is 28.6. The number of thiophene rings is 1. The van der Waals surface area contributed by atoms with Crippen molar-refractivity contribution in [3.05, 3.63) is 46.5 Å². The Morgan fingerprint density at radius 1 is 1.34 bits per heavy atom. The second-order valence-corrected chi connectivity index (χ2v) is 8.68.